The second-order valence-corrected chi connectivity index (χ2v) is 2.20. The molecule has 0 aliphatic rings. The Hall–Kier alpha value is -1.70. The van der Waals surface area contributed by atoms with Crippen molar-refractivity contribution in [3.63, 3.8) is 0 Å². The van der Waals surface area contributed by atoms with E-state index in [-0.39, 0.29) is 0 Å². The first-order valence-corrected chi connectivity index (χ1v) is 3.42. The minimum Gasteiger partial charge on any atom is -0.154 e. The van der Waals surface area contributed by atoms with Crippen molar-refractivity contribution in [3.8, 4) is 6.07 Å². The van der Waals surface area contributed by atoms with Crippen molar-refractivity contribution >= 4 is 5.69 Å². The highest BCUT2D eigenvalue weighted by Gasteiger charge is 2.33. The Morgan fingerprint density at radius 2 is 1.77 bits per heavy atom. The number of alkyl halides is 3. The molecule has 2 nitrogen and oxygen atoms in total. The van der Waals surface area contributed by atoms with Crippen LogP contribution in [-0.4, -0.2) is 6.18 Å². The van der Waals surface area contributed by atoms with Crippen LogP contribution < -0.4 is 5.43 Å². The van der Waals surface area contributed by atoms with E-state index in [1.807, 2.05) is 0 Å². The average Bonchev–Trinajstić information content (AvgIpc) is 2.04. The second kappa shape index (κ2) is 3.81. The number of rotatable bonds is 1. The quantitative estimate of drug-likeness (QED) is 0.668. The Labute approximate surface area is 72.8 Å². The van der Waals surface area contributed by atoms with Crippen molar-refractivity contribution in [2.24, 2.45) is 0 Å². The zero-order chi connectivity index (χ0) is 9.73. The van der Waals surface area contributed by atoms with Gasteiger partial charge in [-0.25, -0.2) is 0 Å². The lowest BCUT2D eigenvalue weighted by atomic mass is 10.3. The monoisotopic (exact) mass is 187 g/mol. The van der Waals surface area contributed by atoms with E-state index in [0.29, 0.717) is 5.69 Å². The second-order valence-electron chi connectivity index (χ2n) is 2.20. The zero-order valence-electron chi connectivity index (χ0n) is 6.47. The molecular weight excluding hydrogens is 181 g/mol. The molecule has 0 heterocycles. The third kappa shape index (κ3) is 4.01. The normalized spacial score (nSPS) is 10.1. The van der Waals surface area contributed by atoms with Crippen LogP contribution in [0, 0.1) is 6.07 Å². The van der Waals surface area contributed by atoms with Gasteiger partial charge in [0.15, 0.2) is 0 Å². The van der Waals surface area contributed by atoms with Gasteiger partial charge in [0.25, 0.3) is 0 Å². The fraction of sp³-hybridized carbons (Fsp3) is 0.125. The van der Waals surface area contributed by atoms with Gasteiger partial charge in [0.05, 0.1) is 4.95 Å². The Bertz CT molecular complexity index is 321. The number of benzene rings is 1. The molecule has 0 amide bonds. The molecule has 0 fully saturated rings. The van der Waals surface area contributed by atoms with Gasteiger partial charge in [-0.2, -0.15) is 13.2 Å². The maximum absolute atomic E-state index is 11.5. The molecule has 0 radical (unpaired) electrons. The van der Waals surface area contributed by atoms with Crippen molar-refractivity contribution in [2.45, 2.75) is 6.18 Å². The Kier molecular flexibility index (Phi) is 2.75. The fourth-order valence-electron chi connectivity index (χ4n) is 0.669. The van der Waals surface area contributed by atoms with E-state index in [4.69, 9.17) is 0 Å². The molecule has 5 heteroatoms. The number of para-hydroxylation sites is 1. The molecule has 0 bridgehead atoms. The predicted molar refractivity (Wildman–Crippen MR) is 43.4 cm³/mol. The Morgan fingerprint density at radius 1 is 1.15 bits per heavy atom. The first-order chi connectivity index (χ1) is 6.08. The molecule has 0 aliphatic heterocycles. The molecule has 68 valence electrons. The molecule has 0 atom stereocenters. The van der Waals surface area contributed by atoms with Crippen LogP contribution in [0.5, 0.6) is 0 Å². The van der Waals surface area contributed by atoms with Crippen LogP contribution >= 0.6 is 0 Å². The van der Waals surface area contributed by atoms with Crippen LogP contribution in [0.4, 0.5) is 18.9 Å². The molecule has 0 aromatic heterocycles. The summed E-state index contributed by atoms with van der Waals surface area (Å²) in [5.74, 6) is 0. The van der Waals surface area contributed by atoms with Crippen LogP contribution in [0.25, 0.3) is 4.95 Å². The van der Waals surface area contributed by atoms with Gasteiger partial charge in [0, 0.05) is 0 Å². The Morgan fingerprint density at radius 3 is 2.31 bits per heavy atom. The van der Waals surface area contributed by atoms with E-state index in [2.05, 4.69) is 10.4 Å². The lowest BCUT2D eigenvalue weighted by molar-refractivity contribution is -0.0700. The minimum absolute atomic E-state index is 0.485. The molecular formula is C8H6F3N2+. The predicted octanol–water partition coefficient (Wildman–Crippen LogP) is 2.91. The summed E-state index contributed by atoms with van der Waals surface area (Å²) in [6.07, 6.45) is -4.50. The van der Waals surface area contributed by atoms with Crippen LogP contribution in [0.15, 0.2) is 30.3 Å². The van der Waals surface area contributed by atoms with Gasteiger partial charge in [0.1, 0.15) is 5.69 Å². The number of hydrogen-bond acceptors (Lipinski definition) is 1. The van der Waals surface area contributed by atoms with E-state index in [0.717, 1.165) is 6.07 Å². The van der Waals surface area contributed by atoms with Gasteiger partial charge in [-0.1, -0.05) is 18.2 Å². The molecule has 0 saturated heterocycles. The average molecular weight is 187 g/mol. The molecule has 1 rings (SSSR count). The summed E-state index contributed by atoms with van der Waals surface area (Å²) in [6, 6.07) is 9.31. The molecule has 0 spiro atoms. The lowest BCUT2D eigenvalue weighted by Gasteiger charge is -1.86. The summed E-state index contributed by atoms with van der Waals surface area (Å²) in [7, 11) is 0. The summed E-state index contributed by atoms with van der Waals surface area (Å²) in [4.78, 5) is 2.89. The number of halogens is 3. The van der Waals surface area contributed by atoms with Gasteiger partial charge < -0.3 is 0 Å². The van der Waals surface area contributed by atoms with Crippen LogP contribution in [-0.2, 0) is 0 Å². The van der Waals surface area contributed by atoms with Gasteiger partial charge in [-0.15, -0.1) is 0 Å². The van der Waals surface area contributed by atoms with E-state index < -0.39 is 6.18 Å². The van der Waals surface area contributed by atoms with Gasteiger partial charge in [-0.05, 0) is 17.6 Å². The van der Waals surface area contributed by atoms with Crippen molar-refractivity contribution in [3.05, 3.63) is 35.3 Å². The number of nitrogens with one attached hydrogen (secondary N) is 1. The largest absolute Gasteiger partial charge is 0.534 e. The van der Waals surface area contributed by atoms with Crippen LogP contribution in [0.1, 0.15) is 0 Å². The number of hydrogen-bond donors (Lipinski definition) is 1. The smallest absolute Gasteiger partial charge is 0.154 e. The highest BCUT2D eigenvalue weighted by molar-refractivity contribution is 5.43. The van der Waals surface area contributed by atoms with Gasteiger partial charge >= 0.3 is 12.2 Å². The molecule has 0 saturated carbocycles. The third-order valence-corrected chi connectivity index (χ3v) is 1.14. The maximum Gasteiger partial charge on any atom is 0.534 e. The van der Waals surface area contributed by atoms with E-state index in [1.165, 1.54) is 0 Å². The maximum atomic E-state index is 11.5. The number of anilines is 1. The molecule has 1 aromatic rings. The number of nitrogens with zero attached hydrogens (tertiary/aromatic N) is 1. The summed E-state index contributed by atoms with van der Waals surface area (Å²) in [5.41, 5.74) is 2.68. The molecule has 0 unspecified atom stereocenters. The van der Waals surface area contributed by atoms with Crippen molar-refractivity contribution in [2.75, 3.05) is 5.43 Å². The van der Waals surface area contributed by atoms with E-state index >= 15 is 0 Å². The van der Waals surface area contributed by atoms with Gasteiger partial charge in [-0.3, -0.25) is 0 Å². The zero-order valence-corrected chi connectivity index (χ0v) is 6.47. The van der Waals surface area contributed by atoms with E-state index in [1.54, 1.807) is 30.3 Å². The standard InChI is InChI=1S/C8H6F3N2/c9-8(10,11)6-12-13-7-4-2-1-3-5-7/h1-5,13H/q+1. The van der Waals surface area contributed by atoms with Crippen LogP contribution in [0.2, 0.25) is 0 Å². The van der Waals surface area contributed by atoms with Crippen molar-refractivity contribution < 1.29 is 13.2 Å². The lowest BCUT2D eigenvalue weighted by Crippen LogP contribution is -2.01. The van der Waals surface area contributed by atoms with Crippen LogP contribution in [0.3, 0.4) is 0 Å². The summed E-state index contributed by atoms with van der Waals surface area (Å²) in [6.45, 7) is 0. The first kappa shape index (κ1) is 9.39. The summed E-state index contributed by atoms with van der Waals surface area (Å²) in [5, 5.41) is 0. The fourth-order valence-corrected chi connectivity index (χ4v) is 0.669. The highest BCUT2D eigenvalue weighted by Crippen LogP contribution is 2.12. The highest BCUT2D eigenvalue weighted by atomic mass is 19.4. The SMILES string of the molecule is FC(F)(F)C#[N+]Nc1ccccc1. The summed E-state index contributed by atoms with van der Waals surface area (Å²) < 4.78 is 34.5. The topological polar surface area (TPSA) is 16.4 Å². The van der Waals surface area contributed by atoms with Crippen molar-refractivity contribution in [1.29, 1.82) is 0 Å². The molecule has 0 aliphatic carbocycles. The van der Waals surface area contributed by atoms with E-state index in [9.17, 15) is 13.2 Å². The summed E-state index contributed by atoms with van der Waals surface area (Å²) >= 11 is 0. The molecule has 1 N–H and O–H groups in total. The Balaban J connectivity index is 2.56. The first-order valence-electron chi connectivity index (χ1n) is 3.42. The minimum atomic E-state index is -4.50. The van der Waals surface area contributed by atoms with Crippen molar-refractivity contribution in [1.82, 2.24) is 0 Å². The molecule has 1 aromatic carbocycles. The third-order valence-electron chi connectivity index (χ3n) is 1.14. The molecule has 13 heavy (non-hydrogen) atoms. The van der Waals surface area contributed by atoms with Gasteiger partial charge in [0.2, 0.25) is 0 Å².